The lowest BCUT2D eigenvalue weighted by Crippen LogP contribution is -2.50. The van der Waals surface area contributed by atoms with Crippen LogP contribution in [0.1, 0.15) is 17.2 Å². The van der Waals surface area contributed by atoms with Gasteiger partial charge in [0.2, 0.25) is 5.91 Å². The van der Waals surface area contributed by atoms with Crippen LogP contribution in [0.4, 0.5) is 0 Å². The Balaban J connectivity index is 1.46. The predicted octanol–water partition coefficient (Wildman–Crippen LogP) is 2.82. The van der Waals surface area contributed by atoms with Gasteiger partial charge in [0, 0.05) is 38.6 Å². The Bertz CT molecular complexity index is 801. The maximum atomic E-state index is 12.5. The summed E-state index contributed by atoms with van der Waals surface area (Å²) >= 11 is 0. The monoisotopic (exact) mass is 360 g/mol. The normalized spacial score (nSPS) is 15.2. The molecule has 1 aliphatic heterocycles. The molecule has 1 fully saturated rings. The highest BCUT2D eigenvalue weighted by Gasteiger charge is 2.28. The molecule has 0 bridgehead atoms. The summed E-state index contributed by atoms with van der Waals surface area (Å²) in [5, 5.41) is 0. The average molecular weight is 360 g/mol. The van der Waals surface area contributed by atoms with E-state index in [1.165, 1.54) is 11.1 Å². The maximum absolute atomic E-state index is 12.5. The summed E-state index contributed by atoms with van der Waals surface area (Å²) in [6, 6.07) is 21.5. The molecule has 4 rings (SSSR count). The molecular weight excluding hydrogens is 336 g/mol. The summed E-state index contributed by atoms with van der Waals surface area (Å²) in [6.07, 6.45) is 5.22. The third-order valence-corrected chi connectivity index (χ3v) is 5.14. The molecule has 0 atom stereocenters. The molecule has 5 nitrogen and oxygen atoms in total. The van der Waals surface area contributed by atoms with Crippen molar-refractivity contribution in [2.75, 3.05) is 26.2 Å². The number of piperazine rings is 1. The molecule has 3 aromatic rings. The number of nitrogens with zero attached hydrogens (tertiary/aromatic N) is 4. The highest BCUT2D eigenvalue weighted by Crippen LogP contribution is 2.29. The van der Waals surface area contributed by atoms with Gasteiger partial charge in [-0.15, -0.1) is 0 Å². The van der Waals surface area contributed by atoms with E-state index in [9.17, 15) is 4.79 Å². The van der Waals surface area contributed by atoms with Gasteiger partial charge in [0.25, 0.3) is 0 Å². The van der Waals surface area contributed by atoms with Crippen LogP contribution in [0.25, 0.3) is 0 Å². The standard InChI is InChI=1S/C22H24N4O/c27-21(17-24-12-11-23-18-24)25-13-15-26(16-14-25)22(19-7-3-1-4-8-19)20-9-5-2-6-10-20/h1-12,18,22H,13-17H2. The fourth-order valence-electron chi connectivity index (χ4n) is 3.75. The molecule has 0 N–H and O–H groups in total. The van der Waals surface area contributed by atoms with Crippen molar-refractivity contribution in [2.45, 2.75) is 12.6 Å². The van der Waals surface area contributed by atoms with Crippen molar-refractivity contribution in [3.63, 3.8) is 0 Å². The van der Waals surface area contributed by atoms with Crippen molar-refractivity contribution in [1.82, 2.24) is 19.4 Å². The zero-order valence-electron chi connectivity index (χ0n) is 15.3. The van der Waals surface area contributed by atoms with Crippen LogP contribution in [-0.4, -0.2) is 51.4 Å². The smallest absolute Gasteiger partial charge is 0.242 e. The molecule has 138 valence electrons. The second kappa shape index (κ2) is 8.18. The minimum Gasteiger partial charge on any atom is -0.339 e. The van der Waals surface area contributed by atoms with E-state index in [1.807, 2.05) is 15.7 Å². The van der Waals surface area contributed by atoms with Crippen LogP contribution in [0.5, 0.6) is 0 Å². The lowest BCUT2D eigenvalue weighted by Gasteiger charge is -2.39. The van der Waals surface area contributed by atoms with Gasteiger partial charge < -0.3 is 9.47 Å². The lowest BCUT2D eigenvalue weighted by molar-refractivity contribution is -0.133. The summed E-state index contributed by atoms with van der Waals surface area (Å²) in [5.74, 6) is 0.156. The number of hydrogen-bond acceptors (Lipinski definition) is 3. The predicted molar refractivity (Wildman–Crippen MR) is 105 cm³/mol. The van der Waals surface area contributed by atoms with Crippen LogP contribution < -0.4 is 0 Å². The van der Waals surface area contributed by atoms with Crippen molar-refractivity contribution >= 4 is 5.91 Å². The van der Waals surface area contributed by atoms with E-state index in [-0.39, 0.29) is 11.9 Å². The van der Waals surface area contributed by atoms with E-state index in [1.54, 1.807) is 12.5 Å². The van der Waals surface area contributed by atoms with Gasteiger partial charge in [-0.3, -0.25) is 9.69 Å². The third-order valence-electron chi connectivity index (χ3n) is 5.14. The largest absolute Gasteiger partial charge is 0.339 e. The Morgan fingerprint density at radius 2 is 1.48 bits per heavy atom. The maximum Gasteiger partial charge on any atom is 0.242 e. The Hall–Kier alpha value is -2.92. The van der Waals surface area contributed by atoms with Gasteiger partial charge in [0.05, 0.1) is 12.4 Å². The number of benzene rings is 2. The minimum atomic E-state index is 0.156. The molecular formula is C22H24N4O. The van der Waals surface area contributed by atoms with E-state index in [2.05, 4.69) is 70.5 Å². The molecule has 0 saturated carbocycles. The topological polar surface area (TPSA) is 41.4 Å². The number of carbonyl (C=O) groups is 1. The van der Waals surface area contributed by atoms with Gasteiger partial charge in [-0.2, -0.15) is 0 Å². The average Bonchev–Trinajstić information content (AvgIpc) is 3.23. The molecule has 2 aromatic carbocycles. The molecule has 1 aromatic heterocycles. The van der Waals surface area contributed by atoms with E-state index < -0.39 is 0 Å². The molecule has 0 radical (unpaired) electrons. The number of aromatic nitrogens is 2. The SMILES string of the molecule is O=C(Cn1ccnc1)N1CCN(C(c2ccccc2)c2ccccc2)CC1. The summed E-state index contributed by atoms with van der Waals surface area (Å²) < 4.78 is 1.82. The number of imidazole rings is 1. The van der Waals surface area contributed by atoms with E-state index in [0.717, 1.165) is 26.2 Å². The van der Waals surface area contributed by atoms with Crippen LogP contribution in [0.2, 0.25) is 0 Å². The Morgan fingerprint density at radius 3 is 2.00 bits per heavy atom. The van der Waals surface area contributed by atoms with Gasteiger partial charge in [0.15, 0.2) is 0 Å². The molecule has 0 aliphatic carbocycles. The number of hydrogen-bond donors (Lipinski definition) is 0. The van der Waals surface area contributed by atoms with Crippen molar-refractivity contribution < 1.29 is 4.79 Å². The van der Waals surface area contributed by atoms with E-state index in [0.29, 0.717) is 6.54 Å². The molecule has 27 heavy (non-hydrogen) atoms. The molecule has 1 amide bonds. The fraction of sp³-hybridized carbons (Fsp3) is 0.273. The fourth-order valence-corrected chi connectivity index (χ4v) is 3.75. The van der Waals surface area contributed by atoms with Crippen LogP contribution >= 0.6 is 0 Å². The van der Waals surface area contributed by atoms with E-state index >= 15 is 0 Å². The first-order chi connectivity index (χ1) is 13.3. The van der Waals surface area contributed by atoms with Crippen LogP contribution in [0.3, 0.4) is 0 Å². The van der Waals surface area contributed by atoms with Gasteiger partial charge in [-0.05, 0) is 11.1 Å². The van der Waals surface area contributed by atoms with Gasteiger partial charge in [-0.25, -0.2) is 4.98 Å². The van der Waals surface area contributed by atoms with Gasteiger partial charge >= 0.3 is 0 Å². The first-order valence-corrected chi connectivity index (χ1v) is 9.39. The molecule has 0 unspecified atom stereocenters. The Morgan fingerprint density at radius 1 is 0.889 bits per heavy atom. The molecule has 2 heterocycles. The second-order valence-electron chi connectivity index (χ2n) is 6.88. The highest BCUT2D eigenvalue weighted by molar-refractivity contribution is 5.76. The lowest BCUT2D eigenvalue weighted by atomic mass is 9.96. The quantitative estimate of drug-likeness (QED) is 0.703. The Labute approximate surface area is 159 Å². The summed E-state index contributed by atoms with van der Waals surface area (Å²) in [5.41, 5.74) is 2.59. The zero-order valence-corrected chi connectivity index (χ0v) is 15.3. The summed E-state index contributed by atoms with van der Waals surface area (Å²) in [4.78, 5) is 21.0. The van der Waals surface area contributed by atoms with Crippen LogP contribution in [-0.2, 0) is 11.3 Å². The Kier molecular flexibility index (Phi) is 5.30. The van der Waals surface area contributed by atoms with Crippen molar-refractivity contribution in [3.05, 3.63) is 90.5 Å². The summed E-state index contributed by atoms with van der Waals surface area (Å²) in [7, 11) is 0. The second-order valence-corrected chi connectivity index (χ2v) is 6.88. The molecule has 1 aliphatic rings. The van der Waals surface area contributed by atoms with Crippen molar-refractivity contribution in [2.24, 2.45) is 0 Å². The zero-order chi connectivity index (χ0) is 18.5. The van der Waals surface area contributed by atoms with Crippen molar-refractivity contribution in [1.29, 1.82) is 0 Å². The molecule has 5 heteroatoms. The third kappa shape index (κ3) is 4.09. The van der Waals surface area contributed by atoms with Crippen molar-refractivity contribution in [3.8, 4) is 0 Å². The van der Waals surface area contributed by atoms with Gasteiger partial charge in [0.1, 0.15) is 6.54 Å². The van der Waals surface area contributed by atoms with Crippen LogP contribution in [0, 0.1) is 0 Å². The van der Waals surface area contributed by atoms with Gasteiger partial charge in [-0.1, -0.05) is 60.7 Å². The number of rotatable bonds is 5. The number of amides is 1. The minimum absolute atomic E-state index is 0.156. The number of carbonyl (C=O) groups excluding carboxylic acids is 1. The molecule has 1 saturated heterocycles. The molecule has 0 spiro atoms. The first kappa shape index (κ1) is 17.5. The summed E-state index contributed by atoms with van der Waals surface area (Å²) in [6.45, 7) is 3.60. The first-order valence-electron chi connectivity index (χ1n) is 9.39. The highest BCUT2D eigenvalue weighted by atomic mass is 16.2. The van der Waals surface area contributed by atoms with E-state index in [4.69, 9.17) is 0 Å². The van der Waals surface area contributed by atoms with Crippen LogP contribution in [0.15, 0.2) is 79.4 Å².